The highest BCUT2D eigenvalue weighted by atomic mass is 79.9. The Kier molecular flexibility index (Phi) is 3.65. The fourth-order valence-electron chi connectivity index (χ4n) is 2.20. The largest absolute Gasteiger partial charge is 0.353 e. The zero-order valence-electron chi connectivity index (χ0n) is 11.1. The third kappa shape index (κ3) is 2.51. The van der Waals surface area contributed by atoms with Gasteiger partial charge >= 0.3 is 0 Å². The van der Waals surface area contributed by atoms with Crippen molar-refractivity contribution in [3.63, 3.8) is 0 Å². The molecule has 0 saturated carbocycles. The molecule has 0 bridgehead atoms. The highest BCUT2D eigenvalue weighted by molar-refractivity contribution is 9.10. The normalized spacial score (nSPS) is 10.7. The van der Waals surface area contributed by atoms with Crippen molar-refractivity contribution in [2.75, 3.05) is 5.32 Å². The van der Waals surface area contributed by atoms with Crippen molar-refractivity contribution in [2.45, 2.75) is 13.3 Å². The maximum atomic E-state index is 4.46. The molecule has 2 heterocycles. The summed E-state index contributed by atoms with van der Waals surface area (Å²) >= 11 is 3.42. The second kappa shape index (κ2) is 5.59. The number of nitrogens with one attached hydrogen (secondary N) is 1. The first-order valence-corrected chi connectivity index (χ1v) is 7.32. The van der Waals surface area contributed by atoms with E-state index >= 15 is 0 Å². The van der Waals surface area contributed by atoms with E-state index in [1.807, 2.05) is 18.2 Å². The SMILES string of the molecule is CCc1ccccc1Nc1ccnc2cc(Br)cnc12. The van der Waals surface area contributed by atoms with Crippen molar-refractivity contribution in [3.05, 3.63) is 58.8 Å². The summed E-state index contributed by atoms with van der Waals surface area (Å²) in [5, 5.41) is 3.47. The Morgan fingerprint density at radius 3 is 2.80 bits per heavy atom. The number of hydrogen-bond acceptors (Lipinski definition) is 3. The number of nitrogens with zero attached hydrogens (tertiary/aromatic N) is 2. The Hall–Kier alpha value is -1.94. The van der Waals surface area contributed by atoms with Gasteiger partial charge in [-0.3, -0.25) is 9.97 Å². The summed E-state index contributed by atoms with van der Waals surface area (Å²) in [4.78, 5) is 8.81. The Morgan fingerprint density at radius 2 is 1.95 bits per heavy atom. The van der Waals surface area contributed by atoms with Gasteiger partial charge in [0.1, 0.15) is 5.52 Å². The van der Waals surface area contributed by atoms with E-state index in [-0.39, 0.29) is 0 Å². The van der Waals surface area contributed by atoms with E-state index in [4.69, 9.17) is 0 Å². The number of aromatic nitrogens is 2. The monoisotopic (exact) mass is 327 g/mol. The third-order valence-corrected chi connectivity index (χ3v) is 3.65. The number of benzene rings is 1. The quantitative estimate of drug-likeness (QED) is 0.757. The van der Waals surface area contributed by atoms with Crippen LogP contribution in [0.25, 0.3) is 11.0 Å². The molecule has 1 aromatic carbocycles. The van der Waals surface area contributed by atoms with Crippen LogP contribution in [0, 0.1) is 0 Å². The standard InChI is InChI=1S/C16H14BrN3/c1-2-11-5-3-4-6-13(11)20-14-7-8-18-15-9-12(17)10-19-16(14)15/h3-10H,2H2,1H3,(H,18,20). The van der Waals surface area contributed by atoms with Crippen LogP contribution < -0.4 is 5.32 Å². The highest BCUT2D eigenvalue weighted by Gasteiger charge is 2.06. The van der Waals surface area contributed by atoms with E-state index in [1.165, 1.54) is 5.56 Å². The minimum Gasteiger partial charge on any atom is -0.353 e. The molecule has 0 saturated heterocycles. The molecule has 0 fully saturated rings. The molecule has 2 aromatic heterocycles. The lowest BCUT2D eigenvalue weighted by molar-refractivity contribution is 1.14. The fraction of sp³-hybridized carbons (Fsp3) is 0.125. The summed E-state index contributed by atoms with van der Waals surface area (Å²) in [6.45, 7) is 2.15. The van der Waals surface area contributed by atoms with Crippen LogP contribution in [-0.2, 0) is 6.42 Å². The maximum absolute atomic E-state index is 4.46. The molecule has 0 aliphatic rings. The molecule has 4 heteroatoms. The van der Waals surface area contributed by atoms with Gasteiger partial charge in [0.2, 0.25) is 0 Å². The molecule has 3 rings (SSSR count). The highest BCUT2D eigenvalue weighted by Crippen LogP contribution is 2.27. The Morgan fingerprint density at radius 1 is 1.10 bits per heavy atom. The van der Waals surface area contributed by atoms with Crippen molar-refractivity contribution in [2.24, 2.45) is 0 Å². The zero-order chi connectivity index (χ0) is 13.9. The molecule has 0 aliphatic heterocycles. The van der Waals surface area contributed by atoms with Crippen molar-refractivity contribution in [1.29, 1.82) is 0 Å². The number of anilines is 2. The molecule has 0 spiro atoms. The average molecular weight is 328 g/mol. The second-order valence-corrected chi connectivity index (χ2v) is 5.43. The summed E-state index contributed by atoms with van der Waals surface area (Å²) in [7, 11) is 0. The third-order valence-electron chi connectivity index (χ3n) is 3.21. The number of pyridine rings is 2. The number of fused-ring (bicyclic) bond motifs is 1. The van der Waals surface area contributed by atoms with Crippen molar-refractivity contribution in [3.8, 4) is 0 Å². The van der Waals surface area contributed by atoms with Crippen LogP contribution >= 0.6 is 15.9 Å². The zero-order valence-corrected chi connectivity index (χ0v) is 12.7. The van der Waals surface area contributed by atoms with E-state index in [0.717, 1.165) is 33.3 Å². The lowest BCUT2D eigenvalue weighted by Crippen LogP contribution is -1.97. The molecular formula is C16H14BrN3. The van der Waals surface area contributed by atoms with Crippen molar-refractivity contribution >= 4 is 38.3 Å². The molecule has 3 nitrogen and oxygen atoms in total. The lowest BCUT2D eigenvalue weighted by Gasteiger charge is -2.12. The summed E-state index contributed by atoms with van der Waals surface area (Å²) in [6, 6.07) is 12.2. The minimum atomic E-state index is 0.873. The van der Waals surface area contributed by atoms with Gasteiger partial charge in [-0.2, -0.15) is 0 Å². The summed E-state index contributed by atoms with van der Waals surface area (Å²) in [5.74, 6) is 0. The van der Waals surface area contributed by atoms with Crippen LogP contribution in [0.1, 0.15) is 12.5 Å². The van der Waals surface area contributed by atoms with Gasteiger partial charge in [-0.1, -0.05) is 25.1 Å². The molecule has 0 unspecified atom stereocenters. The van der Waals surface area contributed by atoms with Crippen LogP contribution in [0.3, 0.4) is 0 Å². The molecule has 20 heavy (non-hydrogen) atoms. The smallest absolute Gasteiger partial charge is 0.112 e. The topological polar surface area (TPSA) is 37.8 Å². The first-order valence-electron chi connectivity index (χ1n) is 6.53. The molecule has 3 aromatic rings. The van der Waals surface area contributed by atoms with Gasteiger partial charge in [-0.15, -0.1) is 0 Å². The van der Waals surface area contributed by atoms with Gasteiger partial charge in [-0.25, -0.2) is 0 Å². The van der Waals surface area contributed by atoms with Gasteiger partial charge in [0.05, 0.1) is 11.2 Å². The van der Waals surface area contributed by atoms with E-state index in [2.05, 4.69) is 56.3 Å². The summed E-state index contributed by atoms with van der Waals surface area (Å²) in [5.41, 5.74) is 5.13. The van der Waals surface area contributed by atoms with E-state index in [0.29, 0.717) is 0 Å². The van der Waals surface area contributed by atoms with Gasteiger partial charge in [-0.05, 0) is 46.1 Å². The maximum Gasteiger partial charge on any atom is 0.112 e. The number of aryl methyl sites for hydroxylation is 1. The molecule has 0 aliphatic carbocycles. The predicted molar refractivity (Wildman–Crippen MR) is 86.3 cm³/mol. The molecule has 0 amide bonds. The number of rotatable bonds is 3. The van der Waals surface area contributed by atoms with Gasteiger partial charge < -0.3 is 5.32 Å². The molecule has 100 valence electrons. The Bertz CT molecular complexity index is 756. The molecule has 0 atom stereocenters. The van der Waals surface area contributed by atoms with Crippen LogP contribution in [0.2, 0.25) is 0 Å². The van der Waals surface area contributed by atoms with Crippen LogP contribution in [0.4, 0.5) is 11.4 Å². The molecular weight excluding hydrogens is 314 g/mol. The molecule has 0 radical (unpaired) electrons. The Labute approximate surface area is 126 Å². The van der Waals surface area contributed by atoms with Crippen LogP contribution in [0.5, 0.6) is 0 Å². The first-order chi connectivity index (χ1) is 9.78. The van der Waals surface area contributed by atoms with Crippen molar-refractivity contribution < 1.29 is 0 Å². The average Bonchev–Trinajstić information content (AvgIpc) is 2.47. The fourth-order valence-corrected chi connectivity index (χ4v) is 2.52. The first kappa shape index (κ1) is 13.1. The minimum absolute atomic E-state index is 0.873. The van der Waals surface area contributed by atoms with E-state index in [9.17, 15) is 0 Å². The second-order valence-electron chi connectivity index (χ2n) is 4.52. The van der Waals surface area contributed by atoms with Crippen molar-refractivity contribution in [1.82, 2.24) is 9.97 Å². The predicted octanol–water partition coefficient (Wildman–Crippen LogP) is 4.70. The van der Waals surface area contributed by atoms with Crippen LogP contribution in [0.15, 0.2) is 53.3 Å². The van der Waals surface area contributed by atoms with Gasteiger partial charge in [0, 0.05) is 22.6 Å². The van der Waals surface area contributed by atoms with Gasteiger partial charge in [0.15, 0.2) is 0 Å². The van der Waals surface area contributed by atoms with E-state index < -0.39 is 0 Å². The summed E-state index contributed by atoms with van der Waals surface area (Å²) < 4.78 is 0.934. The van der Waals surface area contributed by atoms with Gasteiger partial charge in [0.25, 0.3) is 0 Å². The summed E-state index contributed by atoms with van der Waals surface area (Å²) in [6.07, 6.45) is 4.58. The van der Waals surface area contributed by atoms with E-state index in [1.54, 1.807) is 12.4 Å². The number of halogens is 1. The van der Waals surface area contributed by atoms with Crippen LogP contribution in [-0.4, -0.2) is 9.97 Å². The Balaban J connectivity index is 2.07. The molecule has 1 N–H and O–H groups in total. The number of hydrogen-bond donors (Lipinski definition) is 1. The number of para-hydroxylation sites is 1. The lowest BCUT2D eigenvalue weighted by atomic mass is 10.1.